The minimum Gasteiger partial charge on any atom is -0.482 e. The average molecular weight is 422 g/mol. The number of hydrogen-bond acceptors (Lipinski definition) is 7. The maximum absolute atomic E-state index is 12.2. The Morgan fingerprint density at radius 1 is 1.29 bits per heavy atom. The van der Waals surface area contributed by atoms with E-state index in [1.807, 2.05) is 0 Å². The lowest BCUT2D eigenvalue weighted by molar-refractivity contribution is -0.118. The van der Waals surface area contributed by atoms with Gasteiger partial charge in [-0.15, -0.1) is 11.3 Å². The lowest BCUT2D eigenvalue weighted by Gasteiger charge is -2.10. The number of benzene rings is 1. The van der Waals surface area contributed by atoms with Crippen LogP contribution in [0.5, 0.6) is 5.75 Å². The summed E-state index contributed by atoms with van der Waals surface area (Å²) >= 11 is 7.40. The average Bonchev–Trinajstić information content (AvgIpc) is 3.09. The standard InChI is InChI=1S/C19H16ClNO6S/c1-3-25-19(24)11-4-5-28-18(11)21-16(22)9-26-15-8-14-12(7-13(15)20)10(2)6-17(23)27-14/h4-8H,3,9H2,1-2H3,(H,21,22). The summed E-state index contributed by atoms with van der Waals surface area (Å²) in [5.41, 5.74) is 0.829. The summed E-state index contributed by atoms with van der Waals surface area (Å²) in [6.45, 7) is 3.36. The van der Waals surface area contributed by atoms with Gasteiger partial charge in [-0.05, 0) is 36.9 Å². The topological polar surface area (TPSA) is 94.8 Å². The Labute approximate surface area is 168 Å². The normalized spacial score (nSPS) is 10.7. The van der Waals surface area contributed by atoms with Crippen LogP contribution in [-0.4, -0.2) is 25.1 Å². The van der Waals surface area contributed by atoms with Crippen LogP contribution in [0.2, 0.25) is 5.02 Å². The van der Waals surface area contributed by atoms with Crippen LogP contribution in [0.25, 0.3) is 11.0 Å². The first kappa shape index (κ1) is 19.9. The molecule has 0 saturated carbocycles. The summed E-state index contributed by atoms with van der Waals surface area (Å²) in [5.74, 6) is -0.785. The predicted octanol–water partition coefficient (Wildman–Crippen LogP) is 4.01. The number of nitrogens with one attached hydrogen (secondary N) is 1. The van der Waals surface area contributed by atoms with Gasteiger partial charge in [0.2, 0.25) is 0 Å². The van der Waals surface area contributed by atoms with E-state index in [1.165, 1.54) is 23.5 Å². The number of aryl methyl sites for hydroxylation is 1. The fourth-order valence-corrected chi connectivity index (χ4v) is 3.52. The summed E-state index contributed by atoms with van der Waals surface area (Å²) in [7, 11) is 0. The molecule has 0 unspecified atom stereocenters. The van der Waals surface area contributed by atoms with Crippen LogP contribution in [-0.2, 0) is 9.53 Å². The predicted molar refractivity (Wildman–Crippen MR) is 107 cm³/mol. The molecule has 9 heteroatoms. The molecule has 1 aromatic carbocycles. The quantitative estimate of drug-likeness (QED) is 0.477. The first-order valence-corrected chi connectivity index (χ1v) is 9.56. The molecule has 3 rings (SSSR count). The first-order chi connectivity index (χ1) is 13.4. The van der Waals surface area contributed by atoms with Crippen molar-refractivity contribution in [3.63, 3.8) is 0 Å². The van der Waals surface area contributed by atoms with E-state index < -0.39 is 17.5 Å². The summed E-state index contributed by atoms with van der Waals surface area (Å²) in [5, 5.41) is 5.62. The van der Waals surface area contributed by atoms with Crippen molar-refractivity contribution in [2.45, 2.75) is 13.8 Å². The Balaban J connectivity index is 1.72. The van der Waals surface area contributed by atoms with E-state index >= 15 is 0 Å². The molecule has 7 nitrogen and oxygen atoms in total. The molecule has 0 aliphatic heterocycles. The van der Waals surface area contributed by atoms with E-state index in [0.717, 1.165) is 5.56 Å². The molecular formula is C19H16ClNO6S. The van der Waals surface area contributed by atoms with Gasteiger partial charge in [0.05, 0.1) is 17.2 Å². The van der Waals surface area contributed by atoms with E-state index in [2.05, 4.69) is 5.32 Å². The Kier molecular flexibility index (Phi) is 6.01. The van der Waals surface area contributed by atoms with Crippen molar-refractivity contribution in [1.82, 2.24) is 0 Å². The second-order valence-electron chi connectivity index (χ2n) is 5.75. The molecule has 0 bridgehead atoms. The first-order valence-electron chi connectivity index (χ1n) is 8.30. The number of hydrogen-bond donors (Lipinski definition) is 1. The second kappa shape index (κ2) is 8.45. The summed E-state index contributed by atoms with van der Waals surface area (Å²) in [4.78, 5) is 35.6. The molecule has 0 radical (unpaired) electrons. The van der Waals surface area contributed by atoms with Gasteiger partial charge in [-0.3, -0.25) is 4.79 Å². The van der Waals surface area contributed by atoms with Crippen LogP contribution in [0.1, 0.15) is 22.8 Å². The lowest BCUT2D eigenvalue weighted by Crippen LogP contribution is -2.21. The molecule has 28 heavy (non-hydrogen) atoms. The third-order valence-corrected chi connectivity index (χ3v) is 4.90. The molecule has 2 heterocycles. The summed E-state index contributed by atoms with van der Waals surface area (Å²) in [6, 6.07) is 6.02. The largest absolute Gasteiger partial charge is 0.482 e. The highest BCUT2D eigenvalue weighted by atomic mass is 35.5. The molecule has 0 aliphatic rings. The molecule has 0 fully saturated rings. The molecular weight excluding hydrogens is 406 g/mol. The maximum Gasteiger partial charge on any atom is 0.341 e. The van der Waals surface area contributed by atoms with Gasteiger partial charge in [-0.25, -0.2) is 9.59 Å². The van der Waals surface area contributed by atoms with Crippen LogP contribution in [0.3, 0.4) is 0 Å². The smallest absolute Gasteiger partial charge is 0.341 e. The van der Waals surface area contributed by atoms with Gasteiger partial charge >= 0.3 is 11.6 Å². The van der Waals surface area contributed by atoms with Crippen molar-refractivity contribution in [2.24, 2.45) is 0 Å². The molecule has 2 aromatic heterocycles. The number of carbonyl (C=O) groups is 2. The van der Waals surface area contributed by atoms with E-state index in [1.54, 1.807) is 31.4 Å². The van der Waals surface area contributed by atoms with Crippen molar-refractivity contribution in [3.8, 4) is 5.75 Å². The molecule has 0 aliphatic carbocycles. The fraction of sp³-hybridized carbons (Fsp3) is 0.211. The van der Waals surface area contributed by atoms with Crippen molar-refractivity contribution >= 4 is 50.8 Å². The minimum absolute atomic E-state index is 0.204. The number of fused-ring (bicyclic) bond motifs is 1. The zero-order chi connectivity index (χ0) is 20.3. The Morgan fingerprint density at radius 2 is 2.07 bits per heavy atom. The third-order valence-electron chi connectivity index (χ3n) is 3.78. The molecule has 1 amide bonds. The number of anilines is 1. The van der Waals surface area contributed by atoms with Gasteiger partial charge in [-0.1, -0.05) is 11.6 Å². The molecule has 0 saturated heterocycles. The number of carbonyl (C=O) groups excluding carboxylic acids is 2. The Morgan fingerprint density at radius 3 is 2.82 bits per heavy atom. The molecule has 0 spiro atoms. The number of ether oxygens (including phenoxy) is 2. The Bertz CT molecular complexity index is 1100. The molecule has 3 aromatic rings. The van der Waals surface area contributed by atoms with Gasteiger partial charge in [0.1, 0.15) is 16.3 Å². The third kappa shape index (κ3) is 4.35. The number of thiophene rings is 1. The van der Waals surface area contributed by atoms with E-state index in [0.29, 0.717) is 16.0 Å². The SMILES string of the molecule is CCOC(=O)c1ccsc1NC(=O)COc1cc2oc(=O)cc(C)c2cc1Cl. The van der Waals surface area contributed by atoms with Crippen molar-refractivity contribution < 1.29 is 23.5 Å². The zero-order valence-electron chi connectivity index (χ0n) is 15.0. The number of rotatable bonds is 6. The zero-order valence-corrected chi connectivity index (χ0v) is 16.6. The number of amides is 1. The van der Waals surface area contributed by atoms with Crippen LogP contribution in [0, 0.1) is 6.92 Å². The van der Waals surface area contributed by atoms with E-state index in [-0.39, 0.29) is 29.5 Å². The monoisotopic (exact) mass is 421 g/mol. The van der Waals surface area contributed by atoms with Gasteiger partial charge < -0.3 is 19.2 Å². The molecule has 0 atom stereocenters. The molecule has 1 N–H and O–H groups in total. The highest BCUT2D eigenvalue weighted by Crippen LogP contribution is 2.31. The van der Waals surface area contributed by atoms with Gasteiger partial charge in [-0.2, -0.15) is 0 Å². The summed E-state index contributed by atoms with van der Waals surface area (Å²) < 4.78 is 15.6. The maximum atomic E-state index is 12.2. The van der Waals surface area contributed by atoms with Crippen LogP contribution in [0.15, 0.2) is 38.9 Å². The second-order valence-corrected chi connectivity index (χ2v) is 7.07. The van der Waals surface area contributed by atoms with E-state index in [9.17, 15) is 14.4 Å². The van der Waals surface area contributed by atoms with Crippen LogP contribution in [0.4, 0.5) is 5.00 Å². The van der Waals surface area contributed by atoms with Crippen LogP contribution < -0.4 is 15.7 Å². The van der Waals surface area contributed by atoms with Crippen LogP contribution >= 0.6 is 22.9 Å². The highest BCUT2D eigenvalue weighted by Gasteiger charge is 2.17. The van der Waals surface area contributed by atoms with Crippen molar-refractivity contribution in [2.75, 3.05) is 18.5 Å². The van der Waals surface area contributed by atoms with Gasteiger partial charge in [0.25, 0.3) is 5.91 Å². The minimum atomic E-state index is -0.511. The molecule has 146 valence electrons. The fourth-order valence-electron chi connectivity index (χ4n) is 2.51. The Hall–Kier alpha value is -2.84. The van der Waals surface area contributed by atoms with Gasteiger partial charge in [0.15, 0.2) is 6.61 Å². The summed E-state index contributed by atoms with van der Waals surface area (Å²) in [6.07, 6.45) is 0. The highest BCUT2D eigenvalue weighted by molar-refractivity contribution is 7.14. The number of esters is 1. The van der Waals surface area contributed by atoms with Gasteiger partial charge in [0, 0.05) is 17.5 Å². The van der Waals surface area contributed by atoms with Crippen molar-refractivity contribution in [1.29, 1.82) is 0 Å². The lowest BCUT2D eigenvalue weighted by atomic mass is 10.1. The van der Waals surface area contributed by atoms with Crippen molar-refractivity contribution in [3.05, 3.63) is 56.2 Å². The number of halogens is 1. The van der Waals surface area contributed by atoms with E-state index in [4.69, 9.17) is 25.5 Å².